The maximum Gasteiger partial charge on any atom is 0.310 e. The molecule has 4 nitrogen and oxygen atoms in total. The number of hydrogen-bond acceptors (Lipinski definition) is 3. The Balaban J connectivity index is 4.73. The molecule has 0 aromatic carbocycles. The van der Waals surface area contributed by atoms with E-state index in [1.54, 1.807) is 6.92 Å². The summed E-state index contributed by atoms with van der Waals surface area (Å²) in [7, 11) is -1.17. The van der Waals surface area contributed by atoms with Crippen molar-refractivity contribution in [3.8, 4) is 0 Å². The Morgan fingerprint density at radius 3 is 2.11 bits per heavy atom. The summed E-state index contributed by atoms with van der Waals surface area (Å²) < 4.78 is 19.9. The third kappa shape index (κ3) is 5.48. The molecule has 5 heteroatoms. The molecule has 0 spiro atoms. The van der Waals surface area contributed by atoms with Gasteiger partial charge >= 0.3 is 5.97 Å². The largest absolute Gasteiger partial charge is 0.466 e. The third-order valence-corrected chi connectivity index (χ3v) is 4.40. The minimum atomic E-state index is -1.17. The molecular weight excluding hydrogens is 250 g/mol. The summed E-state index contributed by atoms with van der Waals surface area (Å²) in [4.78, 5) is 11.8. The van der Waals surface area contributed by atoms with Crippen LogP contribution in [0.15, 0.2) is 0 Å². The van der Waals surface area contributed by atoms with Crippen LogP contribution in [0.3, 0.4) is 0 Å². The summed E-state index contributed by atoms with van der Waals surface area (Å²) in [5.41, 5.74) is 0. The number of esters is 1. The Labute approximate surface area is 113 Å². The molecule has 0 rings (SSSR count). The van der Waals surface area contributed by atoms with Crippen molar-refractivity contribution in [3.63, 3.8) is 0 Å². The van der Waals surface area contributed by atoms with Crippen LogP contribution in [-0.2, 0) is 20.5 Å². The predicted molar refractivity (Wildman–Crippen MR) is 75.5 cm³/mol. The lowest BCUT2D eigenvalue weighted by Crippen LogP contribution is -2.45. The Morgan fingerprint density at radius 2 is 1.78 bits per heavy atom. The van der Waals surface area contributed by atoms with Crippen LogP contribution in [0.4, 0.5) is 0 Å². The molecule has 0 aliphatic rings. The van der Waals surface area contributed by atoms with E-state index in [2.05, 4.69) is 4.72 Å². The molecule has 0 aliphatic heterocycles. The summed E-state index contributed by atoms with van der Waals surface area (Å²) in [6.45, 7) is 11.8. The molecule has 3 atom stereocenters. The van der Waals surface area contributed by atoms with Crippen LogP contribution >= 0.6 is 0 Å². The Morgan fingerprint density at radius 1 is 1.22 bits per heavy atom. The molecule has 0 bridgehead atoms. The molecule has 18 heavy (non-hydrogen) atoms. The molecule has 0 aromatic heterocycles. The third-order valence-electron chi connectivity index (χ3n) is 2.77. The zero-order chi connectivity index (χ0) is 14.3. The smallest absolute Gasteiger partial charge is 0.310 e. The summed E-state index contributed by atoms with van der Waals surface area (Å²) in [6.07, 6.45) is 1.44. The monoisotopic (exact) mass is 277 g/mol. The normalized spacial score (nSPS) is 17.0. The van der Waals surface area contributed by atoms with E-state index in [0.29, 0.717) is 13.0 Å². The van der Waals surface area contributed by atoms with E-state index in [-0.39, 0.29) is 22.7 Å². The first kappa shape index (κ1) is 17.6. The number of carbonyl (C=O) groups excluding carboxylic acids is 1. The van der Waals surface area contributed by atoms with Crippen molar-refractivity contribution in [1.29, 1.82) is 0 Å². The maximum absolute atomic E-state index is 12.1. The van der Waals surface area contributed by atoms with E-state index >= 15 is 0 Å². The van der Waals surface area contributed by atoms with E-state index in [0.717, 1.165) is 6.42 Å². The topological polar surface area (TPSA) is 55.4 Å². The van der Waals surface area contributed by atoms with E-state index in [9.17, 15) is 9.00 Å². The first-order chi connectivity index (χ1) is 8.27. The molecule has 0 saturated carbocycles. The maximum atomic E-state index is 12.1. The van der Waals surface area contributed by atoms with Crippen molar-refractivity contribution in [1.82, 2.24) is 4.72 Å². The molecule has 0 radical (unpaired) electrons. The van der Waals surface area contributed by atoms with Crippen LogP contribution in [0.2, 0.25) is 0 Å². The van der Waals surface area contributed by atoms with Crippen LogP contribution in [0.5, 0.6) is 0 Å². The molecule has 108 valence electrons. The van der Waals surface area contributed by atoms with E-state index in [1.165, 1.54) is 0 Å². The zero-order valence-corrected chi connectivity index (χ0v) is 13.2. The first-order valence-corrected chi connectivity index (χ1v) is 7.77. The van der Waals surface area contributed by atoms with Gasteiger partial charge in [0.1, 0.15) is 0 Å². The lowest BCUT2D eigenvalue weighted by atomic mass is 9.96. The highest BCUT2D eigenvalue weighted by molar-refractivity contribution is 7.84. The Kier molecular flexibility index (Phi) is 7.71. The second kappa shape index (κ2) is 7.89. The highest BCUT2D eigenvalue weighted by Gasteiger charge is 2.30. The van der Waals surface area contributed by atoms with Gasteiger partial charge in [0.25, 0.3) is 0 Å². The summed E-state index contributed by atoms with van der Waals surface area (Å²) in [5, 5.41) is 0. The van der Waals surface area contributed by atoms with Gasteiger partial charge < -0.3 is 4.74 Å². The van der Waals surface area contributed by atoms with Crippen LogP contribution < -0.4 is 4.72 Å². The lowest BCUT2D eigenvalue weighted by Gasteiger charge is -2.27. The van der Waals surface area contributed by atoms with Gasteiger partial charge in [-0.25, -0.2) is 8.93 Å². The Hall–Kier alpha value is -0.420. The van der Waals surface area contributed by atoms with Gasteiger partial charge in [-0.2, -0.15) is 0 Å². The molecule has 0 saturated heterocycles. The number of rotatable bonds is 7. The fourth-order valence-electron chi connectivity index (χ4n) is 1.63. The van der Waals surface area contributed by atoms with Gasteiger partial charge in [0.2, 0.25) is 0 Å². The zero-order valence-electron chi connectivity index (χ0n) is 12.4. The minimum absolute atomic E-state index is 0.103. The van der Waals surface area contributed by atoms with E-state index in [1.807, 2.05) is 34.6 Å². The average Bonchev–Trinajstić information content (AvgIpc) is 2.27. The summed E-state index contributed by atoms with van der Waals surface area (Å²) in [6, 6.07) is -0.103. The van der Waals surface area contributed by atoms with Crippen molar-refractivity contribution in [2.24, 2.45) is 5.92 Å². The minimum Gasteiger partial charge on any atom is -0.466 e. The SMILES string of the molecule is CCOC(=O)[C@@H](CC)[C@H](CC)N[S@](=O)C(C)(C)C. The molecular formula is C13H27NO3S. The molecule has 0 aromatic rings. The van der Waals surface area contributed by atoms with Crippen LogP contribution in [0.1, 0.15) is 54.4 Å². The van der Waals surface area contributed by atoms with Crippen molar-refractivity contribution in [2.45, 2.75) is 65.2 Å². The van der Waals surface area contributed by atoms with Gasteiger partial charge in [-0.3, -0.25) is 4.79 Å². The number of hydrogen-bond donors (Lipinski definition) is 1. The van der Waals surface area contributed by atoms with Gasteiger partial charge in [-0.05, 0) is 40.5 Å². The van der Waals surface area contributed by atoms with Gasteiger partial charge in [-0.15, -0.1) is 0 Å². The van der Waals surface area contributed by atoms with Gasteiger partial charge in [0, 0.05) is 6.04 Å². The molecule has 0 fully saturated rings. The number of nitrogens with one attached hydrogen (secondary N) is 1. The fraction of sp³-hybridized carbons (Fsp3) is 0.923. The summed E-state index contributed by atoms with van der Waals surface area (Å²) >= 11 is 0. The molecule has 0 unspecified atom stereocenters. The highest BCUT2D eigenvalue weighted by Crippen LogP contribution is 2.17. The van der Waals surface area contributed by atoms with Crippen LogP contribution in [0, 0.1) is 5.92 Å². The van der Waals surface area contributed by atoms with Gasteiger partial charge in [0.05, 0.1) is 28.3 Å². The number of ether oxygens (including phenoxy) is 1. The van der Waals surface area contributed by atoms with Crippen molar-refractivity contribution < 1.29 is 13.7 Å². The predicted octanol–water partition coefficient (Wildman–Crippen LogP) is 2.41. The van der Waals surface area contributed by atoms with Gasteiger partial charge in [0.15, 0.2) is 0 Å². The van der Waals surface area contributed by atoms with Crippen molar-refractivity contribution >= 4 is 17.0 Å². The molecule has 0 aliphatic carbocycles. The standard InChI is InChI=1S/C13H27NO3S/c1-7-10(12(15)17-9-3)11(8-2)14-18(16)13(4,5)6/h10-11,14H,7-9H2,1-6H3/t10-,11-,18+/m0/s1. The van der Waals surface area contributed by atoms with E-state index in [4.69, 9.17) is 4.74 Å². The second-order valence-corrected chi connectivity index (χ2v) is 7.28. The average molecular weight is 277 g/mol. The van der Waals surface area contributed by atoms with E-state index < -0.39 is 11.0 Å². The lowest BCUT2D eigenvalue weighted by molar-refractivity contribution is -0.149. The molecule has 0 heterocycles. The quantitative estimate of drug-likeness (QED) is 0.727. The van der Waals surface area contributed by atoms with Crippen LogP contribution in [0.25, 0.3) is 0 Å². The first-order valence-electron chi connectivity index (χ1n) is 6.62. The molecule has 0 amide bonds. The van der Waals surface area contributed by atoms with Crippen molar-refractivity contribution in [3.05, 3.63) is 0 Å². The van der Waals surface area contributed by atoms with Crippen LogP contribution in [-0.4, -0.2) is 27.6 Å². The fourth-order valence-corrected chi connectivity index (χ4v) is 2.59. The Bertz CT molecular complexity index is 286. The number of carbonyl (C=O) groups is 1. The van der Waals surface area contributed by atoms with Crippen molar-refractivity contribution in [2.75, 3.05) is 6.61 Å². The van der Waals surface area contributed by atoms with Gasteiger partial charge in [-0.1, -0.05) is 13.8 Å². The highest BCUT2D eigenvalue weighted by atomic mass is 32.2. The summed E-state index contributed by atoms with van der Waals surface area (Å²) in [5.74, 6) is -0.438. The molecule has 1 N–H and O–H groups in total. The second-order valence-electron chi connectivity index (χ2n) is 5.28.